The van der Waals surface area contributed by atoms with E-state index in [9.17, 15) is 9.70 Å². The molecule has 0 radical (unpaired) electrons. The molecule has 3 rings (SSSR count). The van der Waals surface area contributed by atoms with Gasteiger partial charge in [-0.25, -0.2) is 0 Å². The van der Waals surface area contributed by atoms with Crippen molar-refractivity contribution in [2.24, 2.45) is 5.18 Å². The third-order valence-electron chi connectivity index (χ3n) is 3.32. The highest BCUT2D eigenvalue weighted by atomic mass is 16.3. The van der Waals surface area contributed by atoms with Gasteiger partial charge in [-0.15, -0.1) is 4.91 Å². The maximum Gasteiger partial charge on any atom is 0.255 e. The van der Waals surface area contributed by atoms with Gasteiger partial charge in [-0.3, -0.25) is 9.78 Å². The number of carbonyl (C=O) groups is 1. The highest BCUT2D eigenvalue weighted by molar-refractivity contribution is 6.08. The van der Waals surface area contributed by atoms with Crippen LogP contribution in [-0.4, -0.2) is 10.9 Å². The van der Waals surface area contributed by atoms with Gasteiger partial charge in [0.25, 0.3) is 5.91 Å². The van der Waals surface area contributed by atoms with Gasteiger partial charge in [0.2, 0.25) is 0 Å². The number of fused-ring (bicyclic) bond motifs is 1. The summed E-state index contributed by atoms with van der Waals surface area (Å²) >= 11 is 0. The summed E-state index contributed by atoms with van der Waals surface area (Å²) in [6.07, 6.45) is 0. The van der Waals surface area contributed by atoms with E-state index in [4.69, 9.17) is 0 Å². The summed E-state index contributed by atoms with van der Waals surface area (Å²) in [5, 5.41) is 6.63. The summed E-state index contributed by atoms with van der Waals surface area (Å²) in [6, 6.07) is 15.7. The van der Waals surface area contributed by atoms with Crippen molar-refractivity contribution < 1.29 is 4.79 Å². The molecule has 0 bridgehead atoms. The van der Waals surface area contributed by atoms with Crippen molar-refractivity contribution in [1.29, 1.82) is 0 Å². The predicted molar refractivity (Wildman–Crippen MR) is 86.3 cm³/mol. The zero-order valence-corrected chi connectivity index (χ0v) is 11.9. The normalized spacial score (nSPS) is 10.4. The van der Waals surface area contributed by atoms with Crippen molar-refractivity contribution in [3.8, 4) is 0 Å². The van der Waals surface area contributed by atoms with Gasteiger partial charge in [-0.05, 0) is 42.4 Å². The first-order chi connectivity index (χ1) is 10.7. The molecule has 2 aromatic carbocycles. The van der Waals surface area contributed by atoms with E-state index in [0.717, 1.165) is 16.6 Å². The molecule has 22 heavy (non-hydrogen) atoms. The van der Waals surface area contributed by atoms with Crippen LogP contribution in [0, 0.1) is 11.8 Å². The SMILES string of the molecule is Cc1ccc2cccc(NC(=O)c3cccc(N=O)c3)c2n1. The fraction of sp³-hybridized carbons (Fsp3) is 0.0588. The molecule has 1 N–H and O–H groups in total. The van der Waals surface area contributed by atoms with Gasteiger partial charge in [-0.1, -0.05) is 24.3 Å². The summed E-state index contributed by atoms with van der Waals surface area (Å²) in [5.41, 5.74) is 2.85. The number of nitrogens with zero attached hydrogens (tertiary/aromatic N) is 2. The van der Waals surface area contributed by atoms with Crippen molar-refractivity contribution >= 4 is 28.2 Å². The van der Waals surface area contributed by atoms with Crippen molar-refractivity contribution in [3.63, 3.8) is 0 Å². The Morgan fingerprint density at radius 1 is 1.09 bits per heavy atom. The van der Waals surface area contributed by atoms with E-state index in [0.29, 0.717) is 11.3 Å². The first-order valence-electron chi connectivity index (χ1n) is 6.78. The topological polar surface area (TPSA) is 71.4 Å². The number of amides is 1. The van der Waals surface area contributed by atoms with E-state index in [1.807, 2.05) is 31.2 Å². The highest BCUT2D eigenvalue weighted by Crippen LogP contribution is 2.23. The number of hydrogen-bond acceptors (Lipinski definition) is 4. The lowest BCUT2D eigenvalue weighted by Crippen LogP contribution is -2.12. The molecule has 0 saturated carbocycles. The molecule has 0 atom stereocenters. The van der Waals surface area contributed by atoms with Crippen LogP contribution in [0.3, 0.4) is 0 Å². The second-order valence-corrected chi connectivity index (χ2v) is 4.93. The fourth-order valence-corrected chi connectivity index (χ4v) is 2.24. The van der Waals surface area contributed by atoms with Crippen LogP contribution in [0.15, 0.2) is 59.8 Å². The van der Waals surface area contributed by atoms with E-state index < -0.39 is 0 Å². The van der Waals surface area contributed by atoms with E-state index in [2.05, 4.69) is 15.5 Å². The number of pyridine rings is 1. The molecule has 3 aromatic rings. The molecule has 5 nitrogen and oxygen atoms in total. The van der Waals surface area contributed by atoms with Crippen LogP contribution in [0.4, 0.5) is 11.4 Å². The molecule has 0 aliphatic heterocycles. The highest BCUT2D eigenvalue weighted by Gasteiger charge is 2.10. The minimum Gasteiger partial charge on any atom is -0.320 e. The molecule has 1 amide bonds. The summed E-state index contributed by atoms with van der Waals surface area (Å²) < 4.78 is 0. The summed E-state index contributed by atoms with van der Waals surface area (Å²) in [4.78, 5) is 27.4. The monoisotopic (exact) mass is 291 g/mol. The number of nitroso groups, excluding NO2 is 1. The Bertz CT molecular complexity index is 875. The summed E-state index contributed by atoms with van der Waals surface area (Å²) in [6.45, 7) is 1.90. The third-order valence-corrected chi connectivity index (χ3v) is 3.32. The maximum absolute atomic E-state index is 12.3. The lowest BCUT2D eigenvalue weighted by atomic mass is 10.1. The molecule has 0 fully saturated rings. The van der Waals surface area contributed by atoms with Crippen LogP contribution >= 0.6 is 0 Å². The number of para-hydroxylation sites is 1. The quantitative estimate of drug-likeness (QED) is 0.735. The second-order valence-electron chi connectivity index (χ2n) is 4.93. The molecule has 108 valence electrons. The van der Waals surface area contributed by atoms with E-state index in [1.54, 1.807) is 24.3 Å². The number of rotatable bonds is 3. The van der Waals surface area contributed by atoms with Crippen LogP contribution in [0.1, 0.15) is 16.1 Å². The van der Waals surface area contributed by atoms with Crippen LogP contribution in [0.25, 0.3) is 10.9 Å². The molecular weight excluding hydrogens is 278 g/mol. The number of aryl methyl sites for hydroxylation is 1. The Kier molecular flexibility index (Phi) is 3.62. The van der Waals surface area contributed by atoms with Gasteiger partial charge < -0.3 is 5.32 Å². The largest absolute Gasteiger partial charge is 0.320 e. The van der Waals surface area contributed by atoms with Crippen LogP contribution in [-0.2, 0) is 0 Å². The molecular formula is C17H13N3O2. The standard InChI is InChI=1S/C17H13N3O2/c1-11-8-9-12-4-3-7-15(16(12)18-11)19-17(21)13-5-2-6-14(10-13)20-22/h2-10H,1H3,(H,19,21). The van der Waals surface area contributed by atoms with Gasteiger partial charge in [0.05, 0.1) is 11.2 Å². The van der Waals surface area contributed by atoms with E-state index in [-0.39, 0.29) is 11.6 Å². The Morgan fingerprint density at radius 3 is 2.73 bits per heavy atom. The lowest BCUT2D eigenvalue weighted by Gasteiger charge is -2.09. The maximum atomic E-state index is 12.3. The first-order valence-corrected chi connectivity index (χ1v) is 6.78. The zero-order chi connectivity index (χ0) is 15.5. The average Bonchev–Trinajstić information content (AvgIpc) is 2.55. The van der Waals surface area contributed by atoms with E-state index in [1.165, 1.54) is 6.07 Å². The number of hydrogen-bond donors (Lipinski definition) is 1. The Hall–Kier alpha value is -3.08. The lowest BCUT2D eigenvalue weighted by molar-refractivity contribution is 0.102. The molecule has 0 aliphatic rings. The summed E-state index contributed by atoms with van der Waals surface area (Å²) in [7, 11) is 0. The second kappa shape index (κ2) is 5.73. The zero-order valence-electron chi connectivity index (χ0n) is 11.9. The number of aromatic nitrogens is 1. The molecule has 0 spiro atoms. The fourth-order valence-electron chi connectivity index (χ4n) is 2.24. The molecule has 1 aromatic heterocycles. The molecule has 0 aliphatic carbocycles. The van der Waals surface area contributed by atoms with Crippen molar-refractivity contribution in [1.82, 2.24) is 4.98 Å². The Morgan fingerprint density at radius 2 is 1.91 bits per heavy atom. The molecule has 1 heterocycles. The first kappa shape index (κ1) is 13.9. The third kappa shape index (κ3) is 2.69. The van der Waals surface area contributed by atoms with Crippen LogP contribution < -0.4 is 5.32 Å². The number of anilines is 1. The van der Waals surface area contributed by atoms with Crippen molar-refractivity contribution in [3.05, 3.63) is 70.8 Å². The van der Waals surface area contributed by atoms with Crippen molar-refractivity contribution in [2.75, 3.05) is 5.32 Å². The average molecular weight is 291 g/mol. The van der Waals surface area contributed by atoms with Gasteiger partial charge in [0.1, 0.15) is 5.69 Å². The predicted octanol–water partition coefficient (Wildman–Crippen LogP) is 4.19. The van der Waals surface area contributed by atoms with Gasteiger partial charge >= 0.3 is 0 Å². The number of benzene rings is 2. The number of nitrogens with one attached hydrogen (secondary N) is 1. The van der Waals surface area contributed by atoms with Gasteiger partial charge in [0.15, 0.2) is 0 Å². The number of carbonyl (C=O) groups excluding carboxylic acids is 1. The minimum absolute atomic E-state index is 0.222. The Labute approximate surface area is 127 Å². The van der Waals surface area contributed by atoms with Crippen molar-refractivity contribution in [2.45, 2.75) is 6.92 Å². The Balaban J connectivity index is 1.97. The minimum atomic E-state index is -0.304. The molecule has 5 heteroatoms. The smallest absolute Gasteiger partial charge is 0.255 e. The summed E-state index contributed by atoms with van der Waals surface area (Å²) in [5.74, 6) is -0.304. The molecule has 0 saturated heterocycles. The van der Waals surface area contributed by atoms with Gasteiger partial charge in [-0.2, -0.15) is 0 Å². The van der Waals surface area contributed by atoms with E-state index >= 15 is 0 Å². The molecule has 0 unspecified atom stereocenters. The van der Waals surface area contributed by atoms with Crippen LogP contribution in [0.5, 0.6) is 0 Å². The van der Waals surface area contributed by atoms with Gasteiger partial charge in [0, 0.05) is 16.6 Å². The van der Waals surface area contributed by atoms with Crippen LogP contribution in [0.2, 0.25) is 0 Å².